The molecule has 33 heavy (non-hydrogen) atoms. The van der Waals surface area contributed by atoms with Gasteiger partial charge in [0, 0.05) is 5.02 Å². The number of halogens is 1. The first-order valence-electron chi connectivity index (χ1n) is 10.9. The molecule has 180 valence electrons. The minimum absolute atomic E-state index is 0.00562. The van der Waals surface area contributed by atoms with E-state index in [1.165, 1.54) is 5.56 Å². The van der Waals surface area contributed by atoms with E-state index in [9.17, 15) is 9.59 Å². The first kappa shape index (κ1) is 26.5. The fraction of sp³-hybridized carbons (Fsp3) is 0.462. The lowest BCUT2D eigenvalue weighted by Crippen LogP contribution is -2.45. The van der Waals surface area contributed by atoms with Crippen LogP contribution in [-0.2, 0) is 20.4 Å². The summed E-state index contributed by atoms with van der Waals surface area (Å²) in [5.41, 5.74) is 8.48. The van der Waals surface area contributed by atoms with Gasteiger partial charge >= 0.3 is 0 Å². The number of hydrogen-bond acceptors (Lipinski definition) is 4. The largest absolute Gasteiger partial charge is 0.484 e. The van der Waals surface area contributed by atoms with Crippen molar-refractivity contribution in [3.63, 3.8) is 0 Å². The topological polar surface area (TPSA) is 76.7 Å². The van der Waals surface area contributed by atoms with Crippen LogP contribution in [0, 0.1) is 13.8 Å². The third-order valence-electron chi connectivity index (χ3n) is 5.13. The van der Waals surface area contributed by atoms with E-state index in [0.29, 0.717) is 16.5 Å². The van der Waals surface area contributed by atoms with Crippen LogP contribution in [0.15, 0.2) is 30.3 Å². The van der Waals surface area contributed by atoms with Crippen LogP contribution < -0.4 is 20.3 Å². The summed E-state index contributed by atoms with van der Waals surface area (Å²) >= 11 is 6.14. The van der Waals surface area contributed by atoms with Crippen LogP contribution >= 0.6 is 11.6 Å². The fourth-order valence-electron chi connectivity index (χ4n) is 3.20. The van der Waals surface area contributed by atoms with Crippen molar-refractivity contribution in [1.29, 1.82) is 0 Å². The van der Waals surface area contributed by atoms with Gasteiger partial charge in [0.1, 0.15) is 11.5 Å². The van der Waals surface area contributed by atoms with Crippen LogP contribution in [0.4, 0.5) is 0 Å². The van der Waals surface area contributed by atoms with Crippen molar-refractivity contribution >= 4 is 23.4 Å². The molecule has 2 aromatic rings. The number of amides is 2. The average molecular weight is 475 g/mol. The number of hydrazine groups is 1. The van der Waals surface area contributed by atoms with Crippen LogP contribution in [0.1, 0.15) is 63.8 Å². The number of benzene rings is 2. The Morgan fingerprint density at radius 3 is 1.82 bits per heavy atom. The Morgan fingerprint density at radius 1 is 0.818 bits per heavy atom. The van der Waals surface area contributed by atoms with Gasteiger partial charge in [-0.3, -0.25) is 20.4 Å². The lowest BCUT2D eigenvalue weighted by Gasteiger charge is -2.27. The summed E-state index contributed by atoms with van der Waals surface area (Å²) in [6.07, 6.45) is 0. The van der Waals surface area contributed by atoms with Crippen molar-refractivity contribution in [1.82, 2.24) is 10.9 Å². The Balaban J connectivity index is 1.89. The van der Waals surface area contributed by atoms with E-state index in [2.05, 4.69) is 58.5 Å². The first-order valence-corrected chi connectivity index (χ1v) is 11.3. The number of ether oxygens (including phenoxy) is 2. The lowest BCUT2D eigenvalue weighted by molar-refractivity contribution is -0.131. The van der Waals surface area contributed by atoms with E-state index in [-0.39, 0.29) is 24.0 Å². The van der Waals surface area contributed by atoms with E-state index < -0.39 is 11.8 Å². The molecule has 0 spiro atoms. The predicted molar refractivity (Wildman–Crippen MR) is 132 cm³/mol. The molecule has 2 amide bonds. The molecule has 0 unspecified atom stereocenters. The highest BCUT2D eigenvalue weighted by atomic mass is 35.5. The molecule has 0 aliphatic rings. The predicted octanol–water partition coefficient (Wildman–Crippen LogP) is 5.16. The van der Waals surface area contributed by atoms with Crippen LogP contribution in [0.5, 0.6) is 11.5 Å². The monoisotopic (exact) mass is 474 g/mol. The van der Waals surface area contributed by atoms with E-state index in [1.807, 2.05) is 26.0 Å². The smallest absolute Gasteiger partial charge is 0.276 e. The highest BCUT2D eigenvalue weighted by Crippen LogP contribution is 2.35. The Kier molecular flexibility index (Phi) is 8.41. The Bertz CT molecular complexity index is 997. The molecule has 0 aromatic heterocycles. The maximum atomic E-state index is 12.2. The van der Waals surface area contributed by atoms with Gasteiger partial charge < -0.3 is 9.47 Å². The van der Waals surface area contributed by atoms with E-state index in [4.69, 9.17) is 21.1 Å². The number of rotatable bonds is 6. The van der Waals surface area contributed by atoms with Crippen LogP contribution in [0.3, 0.4) is 0 Å². The zero-order valence-corrected chi connectivity index (χ0v) is 21.6. The van der Waals surface area contributed by atoms with Gasteiger partial charge in [0.05, 0.1) is 0 Å². The Morgan fingerprint density at radius 2 is 1.33 bits per heavy atom. The van der Waals surface area contributed by atoms with Crippen molar-refractivity contribution in [2.75, 3.05) is 13.2 Å². The van der Waals surface area contributed by atoms with Gasteiger partial charge in [-0.05, 0) is 65.1 Å². The summed E-state index contributed by atoms with van der Waals surface area (Å²) in [6, 6.07) is 9.56. The molecule has 0 saturated carbocycles. The van der Waals surface area contributed by atoms with Crippen LogP contribution in [0.25, 0.3) is 0 Å². The lowest BCUT2D eigenvalue weighted by atomic mass is 9.80. The van der Waals surface area contributed by atoms with Crippen LogP contribution in [0.2, 0.25) is 5.02 Å². The maximum Gasteiger partial charge on any atom is 0.276 e. The van der Waals surface area contributed by atoms with Gasteiger partial charge in [-0.15, -0.1) is 0 Å². The zero-order valence-electron chi connectivity index (χ0n) is 20.8. The average Bonchev–Trinajstić information content (AvgIpc) is 2.71. The summed E-state index contributed by atoms with van der Waals surface area (Å²) in [4.78, 5) is 24.2. The van der Waals surface area contributed by atoms with E-state index in [1.54, 1.807) is 12.1 Å². The highest BCUT2D eigenvalue weighted by molar-refractivity contribution is 6.32. The molecule has 2 rings (SSSR count). The molecule has 2 aromatic carbocycles. The molecule has 0 radical (unpaired) electrons. The van der Waals surface area contributed by atoms with Crippen LogP contribution in [-0.4, -0.2) is 25.0 Å². The molecular formula is C26H35ClN2O4. The molecule has 0 heterocycles. The van der Waals surface area contributed by atoms with E-state index >= 15 is 0 Å². The number of carbonyl (C=O) groups excluding carboxylic acids is 2. The SMILES string of the molecule is Cc1cc(OCC(=O)NNC(=O)COc2ccc(C(C)(C)C)cc2C(C)(C)C)cc(C)c1Cl. The number of carbonyl (C=O) groups is 2. The second-order valence-corrected chi connectivity index (χ2v) is 10.6. The molecule has 0 aliphatic heterocycles. The van der Waals surface area contributed by atoms with Gasteiger partial charge in [-0.25, -0.2) is 0 Å². The van der Waals surface area contributed by atoms with Crippen molar-refractivity contribution < 1.29 is 19.1 Å². The Hall–Kier alpha value is -2.73. The summed E-state index contributed by atoms with van der Waals surface area (Å²) in [6.45, 7) is 16.0. The van der Waals surface area contributed by atoms with Gasteiger partial charge in [0.25, 0.3) is 11.8 Å². The molecule has 0 aliphatic carbocycles. The highest BCUT2D eigenvalue weighted by Gasteiger charge is 2.23. The van der Waals surface area contributed by atoms with Gasteiger partial charge in [0.15, 0.2) is 13.2 Å². The third kappa shape index (κ3) is 7.67. The zero-order chi connectivity index (χ0) is 25.0. The number of hydrogen-bond donors (Lipinski definition) is 2. The minimum atomic E-state index is -0.487. The molecule has 7 heteroatoms. The summed E-state index contributed by atoms with van der Waals surface area (Å²) in [7, 11) is 0. The minimum Gasteiger partial charge on any atom is -0.484 e. The quantitative estimate of drug-likeness (QED) is 0.567. The number of nitrogens with one attached hydrogen (secondary N) is 2. The normalized spacial score (nSPS) is 11.7. The summed E-state index contributed by atoms with van der Waals surface area (Å²) in [5.74, 6) is 0.223. The molecule has 6 nitrogen and oxygen atoms in total. The van der Waals surface area contributed by atoms with Gasteiger partial charge in [0.2, 0.25) is 0 Å². The third-order valence-corrected chi connectivity index (χ3v) is 5.73. The molecule has 0 atom stereocenters. The van der Waals surface area contributed by atoms with Crippen molar-refractivity contribution in [2.24, 2.45) is 0 Å². The van der Waals surface area contributed by atoms with Crippen molar-refractivity contribution in [2.45, 2.75) is 66.2 Å². The second kappa shape index (κ2) is 10.5. The standard InChI is InChI=1S/C26H35ClN2O4/c1-16-11-19(12-17(2)24(16)27)32-14-22(30)28-29-23(31)15-33-21-10-9-18(25(3,4)5)13-20(21)26(6,7)8/h9-13H,14-15H2,1-8H3,(H,28,30)(H,29,31). The van der Waals surface area contributed by atoms with Gasteiger partial charge in [-0.2, -0.15) is 0 Å². The molecular weight excluding hydrogens is 440 g/mol. The Labute approximate surface area is 202 Å². The first-order chi connectivity index (χ1) is 15.2. The van der Waals surface area contributed by atoms with E-state index in [0.717, 1.165) is 16.7 Å². The number of aryl methyl sites for hydroxylation is 2. The molecule has 0 fully saturated rings. The molecule has 0 bridgehead atoms. The second-order valence-electron chi connectivity index (χ2n) is 10.3. The summed E-state index contributed by atoms with van der Waals surface area (Å²) in [5, 5.41) is 0.668. The van der Waals surface area contributed by atoms with Crippen molar-refractivity contribution in [3.05, 3.63) is 57.6 Å². The summed E-state index contributed by atoms with van der Waals surface area (Å²) < 4.78 is 11.3. The van der Waals surface area contributed by atoms with Crippen molar-refractivity contribution in [3.8, 4) is 11.5 Å². The molecule has 0 saturated heterocycles. The molecule has 2 N–H and O–H groups in total. The maximum absolute atomic E-state index is 12.2. The van der Waals surface area contributed by atoms with Gasteiger partial charge in [-0.1, -0.05) is 65.3 Å². The fourth-order valence-corrected chi connectivity index (χ4v) is 3.31.